The molecule has 1 N–H and O–H groups in total. The standard InChI is InChI=1S/C12H23N3/c1-14-7-2-12(3-8-14)4-9-15-10-5-13-6-11-15/h2,13H,3-11H2,1H3. The van der Waals surface area contributed by atoms with Crippen LogP contribution in [0.15, 0.2) is 11.6 Å². The van der Waals surface area contributed by atoms with Crippen molar-refractivity contribution in [3.8, 4) is 0 Å². The molecule has 2 aliphatic rings. The second kappa shape index (κ2) is 5.64. The molecule has 0 atom stereocenters. The van der Waals surface area contributed by atoms with E-state index in [9.17, 15) is 0 Å². The van der Waals surface area contributed by atoms with Gasteiger partial charge in [-0.2, -0.15) is 0 Å². The quantitative estimate of drug-likeness (QED) is 0.685. The first-order chi connectivity index (χ1) is 7.34. The molecule has 0 unspecified atom stereocenters. The molecule has 2 heterocycles. The number of hydrogen-bond donors (Lipinski definition) is 1. The maximum atomic E-state index is 3.40. The summed E-state index contributed by atoms with van der Waals surface area (Å²) in [5.74, 6) is 0. The largest absolute Gasteiger partial charge is 0.314 e. The summed E-state index contributed by atoms with van der Waals surface area (Å²) in [5, 5.41) is 3.40. The van der Waals surface area contributed by atoms with Gasteiger partial charge in [0.1, 0.15) is 0 Å². The van der Waals surface area contributed by atoms with Crippen LogP contribution >= 0.6 is 0 Å². The zero-order valence-electron chi connectivity index (χ0n) is 9.84. The molecule has 0 aromatic carbocycles. The molecule has 0 amide bonds. The fourth-order valence-electron chi connectivity index (χ4n) is 2.28. The molecule has 0 radical (unpaired) electrons. The zero-order valence-corrected chi connectivity index (χ0v) is 9.84. The maximum absolute atomic E-state index is 3.40. The molecule has 15 heavy (non-hydrogen) atoms. The molecular weight excluding hydrogens is 186 g/mol. The Labute approximate surface area is 93.1 Å². The van der Waals surface area contributed by atoms with Gasteiger partial charge in [0.25, 0.3) is 0 Å². The van der Waals surface area contributed by atoms with Crippen LogP contribution in [0.25, 0.3) is 0 Å². The molecule has 3 heteroatoms. The Morgan fingerprint density at radius 2 is 2.07 bits per heavy atom. The molecule has 3 nitrogen and oxygen atoms in total. The maximum Gasteiger partial charge on any atom is 0.0162 e. The highest BCUT2D eigenvalue weighted by Crippen LogP contribution is 2.13. The summed E-state index contributed by atoms with van der Waals surface area (Å²) in [5.41, 5.74) is 1.67. The Balaban J connectivity index is 1.68. The summed E-state index contributed by atoms with van der Waals surface area (Å²) >= 11 is 0. The van der Waals surface area contributed by atoms with Gasteiger partial charge in [-0.25, -0.2) is 0 Å². The highest BCUT2D eigenvalue weighted by atomic mass is 15.2. The number of likely N-dealkylation sites (N-methyl/N-ethyl adjacent to an activating group) is 1. The van der Waals surface area contributed by atoms with Gasteiger partial charge < -0.3 is 15.1 Å². The van der Waals surface area contributed by atoms with E-state index in [0.717, 1.165) is 6.54 Å². The molecule has 0 bridgehead atoms. The van der Waals surface area contributed by atoms with Crippen molar-refractivity contribution in [3.63, 3.8) is 0 Å². The van der Waals surface area contributed by atoms with Gasteiger partial charge in [-0.05, 0) is 19.9 Å². The average Bonchev–Trinajstić information content (AvgIpc) is 2.30. The van der Waals surface area contributed by atoms with E-state index in [1.165, 1.54) is 52.1 Å². The summed E-state index contributed by atoms with van der Waals surface area (Å²) < 4.78 is 0. The van der Waals surface area contributed by atoms with E-state index in [4.69, 9.17) is 0 Å². The molecule has 2 aliphatic heterocycles. The monoisotopic (exact) mass is 209 g/mol. The van der Waals surface area contributed by atoms with Crippen LogP contribution in [0.1, 0.15) is 12.8 Å². The van der Waals surface area contributed by atoms with Crippen LogP contribution in [0.3, 0.4) is 0 Å². The summed E-state index contributed by atoms with van der Waals surface area (Å²) in [6.07, 6.45) is 4.99. The highest BCUT2D eigenvalue weighted by molar-refractivity contribution is 5.07. The third-order valence-corrected chi connectivity index (χ3v) is 3.47. The van der Waals surface area contributed by atoms with Crippen molar-refractivity contribution < 1.29 is 0 Å². The summed E-state index contributed by atoms with van der Waals surface area (Å²) in [6.45, 7) is 8.45. The van der Waals surface area contributed by atoms with Gasteiger partial charge in [0.2, 0.25) is 0 Å². The van der Waals surface area contributed by atoms with Gasteiger partial charge in [0.15, 0.2) is 0 Å². The fraction of sp³-hybridized carbons (Fsp3) is 0.833. The zero-order chi connectivity index (χ0) is 10.5. The number of rotatable bonds is 3. The second-order valence-corrected chi connectivity index (χ2v) is 4.72. The van der Waals surface area contributed by atoms with E-state index in [2.05, 4.69) is 28.2 Å². The molecular formula is C12H23N3. The SMILES string of the molecule is CN1CC=C(CCN2CCNCC2)CC1. The van der Waals surface area contributed by atoms with Crippen LogP contribution < -0.4 is 5.32 Å². The molecule has 0 aliphatic carbocycles. The summed E-state index contributed by atoms with van der Waals surface area (Å²) in [6, 6.07) is 0. The van der Waals surface area contributed by atoms with Crippen molar-refractivity contribution in [2.75, 3.05) is 52.9 Å². The van der Waals surface area contributed by atoms with Gasteiger partial charge in [-0.3, -0.25) is 0 Å². The lowest BCUT2D eigenvalue weighted by Gasteiger charge is -2.28. The molecule has 86 valence electrons. The normalized spacial score (nSPS) is 25.3. The Bertz CT molecular complexity index is 219. The van der Waals surface area contributed by atoms with Crippen molar-refractivity contribution in [2.24, 2.45) is 0 Å². The van der Waals surface area contributed by atoms with Crippen LogP contribution in [0.4, 0.5) is 0 Å². The summed E-state index contributed by atoms with van der Waals surface area (Å²) in [4.78, 5) is 4.96. The number of piperazine rings is 1. The molecule has 0 spiro atoms. The Morgan fingerprint density at radius 3 is 2.73 bits per heavy atom. The minimum atomic E-state index is 1.15. The first-order valence-corrected chi connectivity index (χ1v) is 6.14. The molecule has 1 fully saturated rings. The minimum Gasteiger partial charge on any atom is -0.314 e. The lowest BCUT2D eigenvalue weighted by atomic mass is 10.0. The van der Waals surface area contributed by atoms with E-state index in [1.54, 1.807) is 5.57 Å². The fourth-order valence-corrected chi connectivity index (χ4v) is 2.28. The topological polar surface area (TPSA) is 18.5 Å². The van der Waals surface area contributed by atoms with Crippen LogP contribution in [0.2, 0.25) is 0 Å². The van der Waals surface area contributed by atoms with Crippen molar-refractivity contribution in [3.05, 3.63) is 11.6 Å². The van der Waals surface area contributed by atoms with E-state index >= 15 is 0 Å². The van der Waals surface area contributed by atoms with Gasteiger partial charge in [-0.15, -0.1) is 0 Å². The van der Waals surface area contributed by atoms with Crippen LogP contribution in [0.5, 0.6) is 0 Å². The Morgan fingerprint density at radius 1 is 1.27 bits per heavy atom. The second-order valence-electron chi connectivity index (χ2n) is 4.72. The first-order valence-electron chi connectivity index (χ1n) is 6.14. The lowest BCUT2D eigenvalue weighted by molar-refractivity contribution is 0.241. The molecule has 0 aromatic heterocycles. The molecule has 0 saturated carbocycles. The van der Waals surface area contributed by atoms with E-state index in [1.807, 2.05) is 0 Å². The predicted octanol–water partition coefficient (Wildman–Crippen LogP) is 0.544. The van der Waals surface area contributed by atoms with Crippen molar-refractivity contribution in [1.82, 2.24) is 15.1 Å². The average molecular weight is 209 g/mol. The van der Waals surface area contributed by atoms with Gasteiger partial charge in [0, 0.05) is 45.8 Å². The van der Waals surface area contributed by atoms with Crippen LogP contribution in [-0.4, -0.2) is 62.7 Å². The molecule has 0 aromatic rings. The van der Waals surface area contributed by atoms with Gasteiger partial charge in [0.05, 0.1) is 0 Å². The van der Waals surface area contributed by atoms with Crippen molar-refractivity contribution >= 4 is 0 Å². The lowest BCUT2D eigenvalue weighted by Crippen LogP contribution is -2.43. The third-order valence-electron chi connectivity index (χ3n) is 3.47. The van der Waals surface area contributed by atoms with Crippen molar-refractivity contribution in [2.45, 2.75) is 12.8 Å². The third kappa shape index (κ3) is 3.59. The Kier molecular flexibility index (Phi) is 4.18. The van der Waals surface area contributed by atoms with Gasteiger partial charge in [-0.1, -0.05) is 11.6 Å². The molecule has 2 rings (SSSR count). The van der Waals surface area contributed by atoms with E-state index in [-0.39, 0.29) is 0 Å². The number of hydrogen-bond acceptors (Lipinski definition) is 3. The van der Waals surface area contributed by atoms with Gasteiger partial charge >= 0.3 is 0 Å². The molecule has 1 saturated heterocycles. The minimum absolute atomic E-state index is 1.15. The summed E-state index contributed by atoms with van der Waals surface area (Å²) in [7, 11) is 2.20. The van der Waals surface area contributed by atoms with E-state index < -0.39 is 0 Å². The number of nitrogens with one attached hydrogen (secondary N) is 1. The number of nitrogens with zero attached hydrogens (tertiary/aromatic N) is 2. The van der Waals surface area contributed by atoms with Crippen molar-refractivity contribution in [1.29, 1.82) is 0 Å². The Hall–Kier alpha value is -0.380. The first kappa shape index (κ1) is 11.1. The van der Waals surface area contributed by atoms with Crippen LogP contribution in [0, 0.1) is 0 Å². The van der Waals surface area contributed by atoms with Crippen LogP contribution in [-0.2, 0) is 0 Å². The highest BCUT2D eigenvalue weighted by Gasteiger charge is 2.11. The van der Waals surface area contributed by atoms with E-state index in [0.29, 0.717) is 0 Å². The smallest absolute Gasteiger partial charge is 0.0162 e. The predicted molar refractivity (Wildman–Crippen MR) is 64.1 cm³/mol.